The van der Waals surface area contributed by atoms with E-state index in [1.807, 2.05) is 0 Å². The van der Waals surface area contributed by atoms with Gasteiger partial charge in [0.15, 0.2) is 16.7 Å². The standard InChI is InChI=1S/C7H8ClN3O2/c1-2-13-7(12)4-3-10-6(9)5(8)11-4/h3H,2H2,1H3,(H2,9,10). The zero-order chi connectivity index (χ0) is 9.84. The first-order valence-corrected chi connectivity index (χ1v) is 3.98. The number of nitrogens with zero attached hydrogens (tertiary/aromatic N) is 2. The second kappa shape index (κ2) is 4.04. The first-order chi connectivity index (χ1) is 6.15. The number of esters is 1. The molecule has 1 aromatic heterocycles. The molecule has 0 spiro atoms. The summed E-state index contributed by atoms with van der Waals surface area (Å²) < 4.78 is 4.68. The third-order valence-corrected chi connectivity index (χ3v) is 1.52. The largest absolute Gasteiger partial charge is 0.461 e. The molecule has 70 valence electrons. The molecule has 0 fully saturated rings. The second-order valence-electron chi connectivity index (χ2n) is 2.15. The van der Waals surface area contributed by atoms with Crippen LogP contribution >= 0.6 is 11.6 Å². The zero-order valence-electron chi connectivity index (χ0n) is 6.95. The number of hydrogen-bond acceptors (Lipinski definition) is 5. The zero-order valence-corrected chi connectivity index (χ0v) is 7.71. The van der Waals surface area contributed by atoms with Gasteiger partial charge in [0.1, 0.15) is 0 Å². The average Bonchev–Trinajstić information content (AvgIpc) is 2.10. The Labute approximate surface area is 79.9 Å². The van der Waals surface area contributed by atoms with Crippen molar-refractivity contribution >= 4 is 23.4 Å². The van der Waals surface area contributed by atoms with E-state index in [0.29, 0.717) is 0 Å². The van der Waals surface area contributed by atoms with Crippen LogP contribution in [0, 0.1) is 0 Å². The molecule has 1 rings (SSSR count). The van der Waals surface area contributed by atoms with Crippen LogP contribution in [0.4, 0.5) is 5.82 Å². The summed E-state index contributed by atoms with van der Waals surface area (Å²) >= 11 is 5.55. The summed E-state index contributed by atoms with van der Waals surface area (Å²) in [5.41, 5.74) is 5.36. The molecule has 1 aromatic rings. The van der Waals surface area contributed by atoms with Crippen molar-refractivity contribution in [2.75, 3.05) is 12.3 Å². The Morgan fingerprint density at radius 2 is 2.46 bits per heavy atom. The molecular weight excluding hydrogens is 194 g/mol. The van der Waals surface area contributed by atoms with E-state index in [9.17, 15) is 4.79 Å². The highest BCUT2D eigenvalue weighted by molar-refractivity contribution is 6.31. The van der Waals surface area contributed by atoms with E-state index in [-0.39, 0.29) is 23.3 Å². The summed E-state index contributed by atoms with van der Waals surface area (Å²) in [6.45, 7) is 1.98. The van der Waals surface area contributed by atoms with Gasteiger partial charge in [0.2, 0.25) is 0 Å². The molecule has 0 aliphatic heterocycles. The Hall–Kier alpha value is -1.36. The van der Waals surface area contributed by atoms with Crippen LogP contribution in [0.15, 0.2) is 6.20 Å². The molecule has 1 heterocycles. The number of halogens is 1. The number of nitrogen functional groups attached to an aromatic ring is 1. The van der Waals surface area contributed by atoms with E-state index in [2.05, 4.69) is 14.7 Å². The first-order valence-electron chi connectivity index (χ1n) is 3.60. The number of hydrogen-bond donors (Lipinski definition) is 1. The van der Waals surface area contributed by atoms with Crippen molar-refractivity contribution in [1.29, 1.82) is 0 Å². The van der Waals surface area contributed by atoms with Crippen molar-refractivity contribution in [3.63, 3.8) is 0 Å². The van der Waals surface area contributed by atoms with Gasteiger partial charge in [0.05, 0.1) is 12.8 Å². The fraction of sp³-hybridized carbons (Fsp3) is 0.286. The van der Waals surface area contributed by atoms with Gasteiger partial charge in [-0.25, -0.2) is 14.8 Å². The molecule has 0 aliphatic carbocycles. The molecule has 0 aromatic carbocycles. The monoisotopic (exact) mass is 201 g/mol. The summed E-state index contributed by atoms with van der Waals surface area (Å²) in [6.07, 6.45) is 1.22. The Kier molecular flexibility index (Phi) is 3.02. The lowest BCUT2D eigenvalue weighted by Gasteiger charge is -2.01. The minimum atomic E-state index is -0.558. The van der Waals surface area contributed by atoms with Crippen LogP contribution in [0.5, 0.6) is 0 Å². The fourth-order valence-electron chi connectivity index (χ4n) is 0.679. The van der Waals surface area contributed by atoms with Gasteiger partial charge in [-0.15, -0.1) is 0 Å². The summed E-state index contributed by atoms with van der Waals surface area (Å²) in [6, 6.07) is 0. The maximum atomic E-state index is 11.1. The van der Waals surface area contributed by atoms with E-state index in [4.69, 9.17) is 17.3 Å². The van der Waals surface area contributed by atoms with Gasteiger partial charge in [0, 0.05) is 0 Å². The van der Waals surface area contributed by atoms with Gasteiger partial charge < -0.3 is 10.5 Å². The van der Waals surface area contributed by atoms with Crippen LogP contribution in [-0.4, -0.2) is 22.5 Å². The van der Waals surface area contributed by atoms with Crippen molar-refractivity contribution in [2.24, 2.45) is 0 Å². The highest BCUT2D eigenvalue weighted by Crippen LogP contribution is 2.12. The molecule has 0 aliphatic rings. The highest BCUT2D eigenvalue weighted by atomic mass is 35.5. The van der Waals surface area contributed by atoms with Crippen molar-refractivity contribution < 1.29 is 9.53 Å². The summed E-state index contributed by atoms with van der Waals surface area (Å²) in [5, 5.41) is 0.00514. The van der Waals surface area contributed by atoms with Gasteiger partial charge >= 0.3 is 5.97 Å². The van der Waals surface area contributed by atoms with Crippen LogP contribution < -0.4 is 5.73 Å². The predicted octanol–water partition coefficient (Wildman–Crippen LogP) is 0.889. The van der Waals surface area contributed by atoms with Crippen LogP contribution in [-0.2, 0) is 4.74 Å². The lowest BCUT2D eigenvalue weighted by molar-refractivity contribution is 0.0519. The maximum absolute atomic E-state index is 11.1. The lowest BCUT2D eigenvalue weighted by Crippen LogP contribution is -2.08. The molecule has 0 saturated heterocycles. The molecule has 5 nitrogen and oxygen atoms in total. The molecule has 2 N–H and O–H groups in total. The molecule has 0 amide bonds. The maximum Gasteiger partial charge on any atom is 0.358 e. The van der Waals surface area contributed by atoms with Crippen LogP contribution in [0.3, 0.4) is 0 Å². The summed E-state index contributed by atoms with van der Waals surface area (Å²) in [4.78, 5) is 18.4. The number of ether oxygens (including phenoxy) is 1. The molecule has 13 heavy (non-hydrogen) atoms. The molecule has 0 unspecified atom stereocenters. The SMILES string of the molecule is CCOC(=O)c1cnc(N)c(Cl)n1. The topological polar surface area (TPSA) is 78.1 Å². The molecule has 0 saturated carbocycles. The van der Waals surface area contributed by atoms with Crippen molar-refractivity contribution in [2.45, 2.75) is 6.92 Å². The van der Waals surface area contributed by atoms with Gasteiger partial charge in [-0.1, -0.05) is 11.6 Å². The quantitative estimate of drug-likeness (QED) is 0.719. The van der Waals surface area contributed by atoms with E-state index in [1.54, 1.807) is 6.92 Å². The van der Waals surface area contributed by atoms with Crippen molar-refractivity contribution in [3.05, 3.63) is 17.0 Å². The second-order valence-corrected chi connectivity index (χ2v) is 2.51. The molecule has 6 heteroatoms. The first kappa shape index (κ1) is 9.73. The Bertz CT molecular complexity index is 330. The molecular formula is C7H8ClN3O2. The van der Waals surface area contributed by atoms with Crippen LogP contribution in [0.1, 0.15) is 17.4 Å². The number of nitrogens with two attached hydrogens (primary N) is 1. The molecule has 0 radical (unpaired) electrons. The van der Waals surface area contributed by atoms with Gasteiger partial charge in [-0.2, -0.15) is 0 Å². The smallest absolute Gasteiger partial charge is 0.358 e. The van der Waals surface area contributed by atoms with Gasteiger partial charge in [0.25, 0.3) is 0 Å². The van der Waals surface area contributed by atoms with Crippen molar-refractivity contribution in [1.82, 2.24) is 9.97 Å². The lowest BCUT2D eigenvalue weighted by atomic mass is 10.4. The van der Waals surface area contributed by atoms with Crippen molar-refractivity contribution in [3.8, 4) is 0 Å². The fourth-order valence-corrected chi connectivity index (χ4v) is 0.819. The number of carbonyl (C=O) groups excluding carboxylic acids is 1. The number of aromatic nitrogens is 2. The minimum Gasteiger partial charge on any atom is -0.461 e. The summed E-state index contributed by atoms with van der Waals surface area (Å²) in [7, 11) is 0. The Morgan fingerprint density at radius 1 is 1.77 bits per heavy atom. The third-order valence-electron chi connectivity index (χ3n) is 1.24. The van der Waals surface area contributed by atoms with Gasteiger partial charge in [-0.3, -0.25) is 0 Å². The average molecular weight is 202 g/mol. The Morgan fingerprint density at radius 3 is 3.00 bits per heavy atom. The number of anilines is 1. The van der Waals surface area contributed by atoms with E-state index >= 15 is 0 Å². The van der Waals surface area contributed by atoms with E-state index in [1.165, 1.54) is 6.20 Å². The number of rotatable bonds is 2. The predicted molar refractivity (Wildman–Crippen MR) is 47.4 cm³/mol. The normalized spacial score (nSPS) is 9.69. The number of carbonyl (C=O) groups is 1. The summed E-state index contributed by atoms with van der Waals surface area (Å²) in [5.74, 6) is -0.466. The highest BCUT2D eigenvalue weighted by Gasteiger charge is 2.10. The van der Waals surface area contributed by atoms with Crippen LogP contribution in [0.2, 0.25) is 5.15 Å². The van der Waals surface area contributed by atoms with Crippen LogP contribution in [0.25, 0.3) is 0 Å². The van der Waals surface area contributed by atoms with E-state index in [0.717, 1.165) is 0 Å². The third kappa shape index (κ3) is 2.29. The molecule has 0 bridgehead atoms. The Balaban J connectivity index is 2.90. The van der Waals surface area contributed by atoms with E-state index < -0.39 is 5.97 Å². The minimum absolute atomic E-state index is 0.00514. The van der Waals surface area contributed by atoms with Gasteiger partial charge in [-0.05, 0) is 6.92 Å². The molecule has 0 atom stereocenters.